The molecule has 1 aromatic heterocycles. The number of benzene rings is 1. The maximum absolute atomic E-state index is 12.5. The van der Waals surface area contributed by atoms with Gasteiger partial charge in [-0.25, -0.2) is 4.79 Å². The van der Waals surface area contributed by atoms with E-state index in [1.54, 1.807) is 23.1 Å². The average molecular weight is 359 g/mol. The number of ether oxygens (including phenoxy) is 1. The number of carboxylic acids is 1. The van der Waals surface area contributed by atoms with Gasteiger partial charge in [0.1, 0.15) is 18.1 Å². The lowest BCUT2D eigenvalue weighted by molar-refractivity contribution is -0.159. The fraction of sp³-hybridized carbons (Fsp3) is 0.368. The smallest absolute Gasteiger partial charge is 0.348 e. The SMILES string of the molecule is Cc1ccccc1OC1(C(=O)O)CCN(C(=O)c2ccc(CO)o2)CC1. The van der Waals surface area contributed by atoms with E-state index in [0.29, 0.717) is 11.5 Å². The molecule has 2 aromatic rings. The van der Waals surface area contributed by atoms with Gasteiger partial charge in [-0.2, -0.15) is 0 Å². The number of amides is 1. The molecule has 0 radical (unpaired) electrons. The monoisotopic (exact) mass is 359 g/mol. The Morgan fingerprint density at radius 1 is 1.19 bits per heavy atom. The molecule has 1 aromatic carbocycles. The van der Waals surface area contributed by atoms with Crippen molar-refractivity contribution >= 4 is 11.9 Å². The van der Waals surface area contributed by atoms with E-state index in [-0.39, 0.29) is 44.2 Å². The Labute approximate surface area is 150 Å². The minimum atomic E-state index is -1.36. The summed E-state index contributed by atoms with van der Waals surface area (Å²) in [6, 6.07) is 10.3. The Kier molecular flexibility index (Phi) is 4.99. The zero-order chi connectivity index (χ0) is 18.7. The lowest BCUT2D eigenvalue weighted by atomic mass is 9.90. The van der Waals surface area contributed by atoms with Crippen molar-refractivity contribution in [2.24, 2.45) is 0 Å². The number of nitrogens with zero attached hydrogens (tertiary/aromatic N) is 1. The largest absolute Gasteiger partial charge is 0.478 e. The topological polar surface area (TPSA) is 100 Å². The number of carbonyl (C=O) groups is 2. The highest BCUT2D eigenvalue weighted by Crippen LogP contribution is 2.31. The molecule has 3 rings (SSSR count). The van der Waals surface area contributed by atoms with Crippen molar-refractivity contribution in [3.05, 3.63) is 53.5 Å². The van der Waals surface area contributed by atoms with Gasteiger partial charge >= 0.3 is 5.97 Å². The number of hydrogen-bond donors (Lipinski definition) is 2. The van der Waals surface area contributed by atoms with Crippen molar-refractivity contribution in [1.29, 1.82) is 0 Å². The van der Waals surface area contributed by atoms with Gasteiger partial charge in [-0.1, -0.05) is 18.2 Å². The van der Waals surface area contributed by atoms with Crippen molar-refractivity contribution in [1.82, 2.24) is 4.90 Å². The summed E-state index contributed by atoms with van der Waals surface area (Å²) in [6.07, 6.45) is 0.353. The molecule has 7 heteroatoms. The number of para-hydroxylation sites is 1. The Morgan fingerprint density at radius 2 is 1.88 bits per heavy atom. The molecule has 2 heterocycles. The van der Waals surface area contributed by atoms with Gasteiger partial charge in [0.05, 0.1) is 0 Å². The number of carboxylic acid groups (broad SMARTS) is 1. The number of furan rings is 1. The van der Waals surface area contributed by atoms with Crippen LogP contribution in [0.5, 0.6) is 5.75 Å². The Morgan fingerprint density at radius 3 is 2.46 bits per heavy atom. The summed E-state index contributed by atoms with van der Waals surface area (Å²) in [4.78, 5) is 25.9. The van der Waals surface area contributed by atoms with Gasteiger partial charge in [0.15, 0.2) is 5.76 Å². The van der Waals surface area contributed by atoms with E-state index < -0.39 is 11.6 Å². The summed E-state index contributed by atoms with van der Waals surface area (Å²) in [5, 5.41) is 18.8. The molecule has 1 aliphatic rings. The maximum atomic E-state index is 12.5. The van der Waals surface area contributed by atoms with Crippen LogP contribution in [-0.4, -0.2) is 45.7 Å². The third-order valence-electron chi connectivity index (χ3n) is 4.68. The van der Waals surface area contributed by atoms with Gasteiger partial charge in [0.2, 0.25) is 5.60 Å². The van der Waals surface area contributed by atoms with E-state index in [0.717, 1.165) is 5.56 Å². The zero-order valence-corrected chi connectivity index (χ0v) is 14.5. The van der Waals surface area contributed by atoms with Gasteiger partial charge in [-0.15, -0.1) is 0 Å². The van der Waals surface area contributed by atoms with Gasteiger partial charge in [-0.05, 0) is 30.7 Å². The summed E-state index contributed by atoms with van der Waals surface area (Å²) in [6.45, 7) is 2.07. The first-order valence-corrected chi connectivity index (χ1v) is 8.42. The van der Waals surface area contributed by atoms with Crippen LogP contribution in [0.1, 0.15) is 34.7 Å². The van der Waals surface area contributed by atoms with Crippen LogP contribution in [0.4, 0.5) is 0 Å². The zero-order valence-electron chi connectivity index (χ0n) is 14.5. The molecule has 0 spiro atoms. The second-order valence-electron chi connectivity index (χ2n) is 6.38. The van der Waals surface area contributed by atoms with E-state index in [2.05, 4.69) is 0 Å². The van der Waals surface area contributed by atoms with Crippen LogP contribution in [0.2, 0.25) is 0 Å². The van der Waals surface area contributed by atoms with Crippen LogP contribution >= 0.6 is 0 Å². The van der Waals surface area contributed by atoms with Crippen molar-refractivity contribution in [2.45, 2.75) is 32.0 Å². The highest BCUT2D eigenvalue weighted by molar-refractivity contribution is 5.92. The number of aliphatic carboxylic acids is 1. The predicted octanol–water partition coefficient (Wildman–Crippen LogP) is 2.22. The minimum absolute atomic E-state index is 0.136. The molecule has 0 bridgehead atoms. The Bertz CT molecular complexity index is 804. The van der Waals surface area contributed by atoms with Gasteiger partial charge in [-0.3, -0.25) is 4.79 Å². The third-order valence-corrected chi connectivity index (χ3v) is 4.68. The van der Waals surface area contributed by atoms with Gasteiger partial charge in [0, 0.05) is 25.9 Å². The molecule has 0 atom stereocenters. The lowest BCUT2D eigenvalue weighted by Gasteiger charge is -2.38. The summed E-state index contributed by atoms with van der Waals surface area (Å²) < 4.78 is 11.2. The average Bonchev–Trinajstić information content (AvgIpc) is 3.13. The molecule has 1 fully saturated rings. The molecule has 1 saturated heterocycles. The van der Waals surface area contributed by atoms with Crippen molar-refractivity contribution in [2.75, 3.05) is 13.1 Å². The quantitative estimate of drug-likeness (QED) is 0.849. The summed E-state index contributed by atoms with van der Waals surface area (Å²) in [5.74, 6) is -0.369. The van der Waals surface area contributed by atoms with Crippen molar-refractivity contribution in [3.8, 4) is 5.75 Å². The van der Waals surface area contributed by atoms with E-state index in [9.17, 15) is 14.7 Å². The molecule has 26 heavy (non-hydrogen) atoms. The molecule has 1 amide bonds. The maximum Gasteiger partial charge on any atom is 0.348 e. The van der Waals surface area contributed by atoms with E-state index in [1.807, 2.05) is 19.1 Å². The Hall–Kier alpha value is -2.80. The number of hydrogen-bond acceptors (Lipinski definition) is 5. The number of piperidine rings is 1. The molecular weight excluding hydrogens is 338 g/mol. The predicted molar refractivity (Wildman–Crippen MR) is 91.9 cm³/mol. The van der Waals surface area contributed by atoms with Crippen molar-refractivity contribution in [3.63, 3.8) is 0 Å². The normalized spacial score (nSPS) is 16.3. The minimum Gasteiger partial charge on any atom is -0.478 e. The first kappa shape index (κ1) is 18.0. The summed E-state index contributed by atoms with van der Waals surface area (Å²) >= 11 is 0. The van der Waals surface area contributed by atoms with Crippen LogP contribution in [0.15, 0.2) is 40.8 Å². The van der Waals surface area contributed by atoms with E-state index >= 15 is 0 Å². The summed E-state index contributed by atoms with van der Waals surface area (Å²) in [5.41, 5.74) is -0.499. The second-order valence-corrected chi connectivity index (χ2v) is 6.38. The van der Waals surface area contributed by atoms with Gasteiger partial charge in [0.25, 0.3) is 5.91 Å². The lowest BCUT2D eigenvalue weighted by Crippen LogP contribution is -2.54. The van der Waals surface area contributed by atoms with Crippen LogP contribution in [0, 0.1) is 6.92 Å². The molecule has 0 unspecified atom stereocenters. The number of aryl methyl sites for hydroxylation is 1. The fourth-order valence-corrected chi connectivity index (χ4v) is 3.05. The standard InChI is InChI=1S/C19H21NO6/c1-13-4-2-3-5-15(13)26-19(18(23)24)8-10-20(11-9-19)17(22)16-7-6-14(12-21)25-16/h2-7,21H,8-12H2,1H3,(H,23,24). The Balaban J connectivity index is 1.72. The van der Waals surface area contributed by atoms with Crippen LogP contribution < -0.4 is 4.74 Å². The molecule has 2 N–H and O–H groups in total. The number of carbonyl (C=O) groups excluding carboxylic acids is 1. The highest BCUT2D eigenvalue weighted by Gasteiger charge is 2.45. The number of aliphatic hydroxyl groups excluding tert-OH is 1. The number of aliphatic hydroxyl groups is 1. The summed E-state index contributed by atoms with van der Waals surface area (Å²) in [7, 11) is 0. The number of rotatable bonds is 5. The van der Waals surface area contributed by atoms with Crippen LogP contribution in [-0.2, 0) is 11.4 Å². The molecule has 0 saturated carbocycles. The first-order valence-electron chi connectivity index (χ1n) is 8.42. The molecule has 138 valence electrons. The molecular formula is C19H21NO6. The fourth-order valence-electron chi connectivity index (χ4n) is 3.05. The third kappa shape index (κ3) is 3.43. The second kappa shape index (κ2) is 7.21. The molecule has 7 nitrogen and oxygen atoms in total. The molecule has 0 aliphatic carbocycles. The molecule has 1 aliphatic heterocycles. The van der Waals surface area contributed by atoms with Crippen molar-refractivity contribution < 1.29 is 29.0 Å². The van der Waals surface area contributed by atoms with Gasteiger partial charge < -0.3 is 24.3 Å². The van der Waals surface area contributed by atoms with E-state index in [4.69, 9.17) is 14.3 Å². The first-order chi connectivity index (χ1) is 12.4. The van der Waals surface area contributed by atoms with Crippen LogP contribution in [0.25, 0.3) is 0 Å². The van der Waals surface area contributed by atoms with Crippen LogP contribution in [0.3, 0.4) is 0 Å². The highest BCUT2D eigenvalue weighted by atomic mass is 16.5. The van der Waals surface area contributed by atoms with E-state index in [1.165, 1.54) is 6.07 Å². The number of likely N-dealkylation sites (tertiary alicyclic amines) is 1.